The van der Waals surface area contributed by atoms with Crippen LogP contribution in [0.3, 0.4) is 0 Å². The molecule has 0 aliphatic carbocycles. The monoisotopic (exact) mass is 426 g/mol. The molecule has 2 aromatic heterocycles. The number of nitrogens with two attached hydrogens (primary N) is 1. The first-order valence-electron chi connectivity index (χ1n) is 9.77. The predicted octanol–water partition coefficient (Wildman–Crippen LogP) is 4.37. The van der Waals surface area contributed by atoms with Gasteiger partial charge in [-0.25, -0.2) is 0 Å². The number of aromatic nitrogens is 2. The van der Waals surface area contributed by atoms with E-state index >= 15 is 0 Å². The van der Waals surface area contributed by atoms with Crippen LogP contribution in [0.25, 0.3) is 37.9 Å². The summed E-state index contributed by atoms with van der Waals surface area (Å²) in [6.07, 6.45) is 3.63. The van der Waals surface area contributed by atoms with E-state index in [-0.39, 0.29) is 0 Å². The number of aryl methyl sites for hydroxylation is 1. The van der Waals surface area contributed by atoms with Crippen molar-refractivity contribution in [3.8, 4) is 27.8 Å². The van der Waals surface area contributed by atoms with Crippen LogP contribution in [0.2, 0.25) is 0 Å². The molecule has 0 aliphatic heterocycles. The first-order valence-corrected chi connectivity index (χ1v) is 10.6. The number of nitrogens with zero attached hydrogens (tertiary/aromatic N) is 4. The molecule has 4 rings (SSSR count). The molecule has 0 bridgehead atoms. The molecule has 0 saturated heterocycles. The molecule has 0 atom stereocenters. The molecule has 4 aromatic rings. The third-order valence-corrected chi connectivity index (χ3v) is 6.37. The van der Waals surface area contributed by atoms with Crippen LogP contribution in [0.5, 0.6) is 0 Å². The topological polar surface area (TPSA) is 92.0 Å². The number of thiophene rings is 1. The smallest absolute Gasteiger partial charge is 0.101 e. The molecule has 0 amide bonds. The SMILES string of the molecule is C=Cc1ccc(-c2cnn(C)c2-c2sc3ccccc3c2C#N)cc1/C(CN)=N\NC. The molecule has 0 spiro atoms. The highest BCUT2D eigenvalue weighted by atomic mass is 32.1. The number of hydrazone groups is 1. The maximum absolute atomic E-state index is 9.91. The summed E-state index contributed by atoms with van der Waals surface area (Å²) in [5.41, 5.74) is 14.9. The molecule has 2 aromatic carbocycles. The van der Waals surface area contributed by atoms with E-state index < -0.39 is 0 Å². The third kappa shape index (κ3) is 3.52. The average molecular weight is 427 g/mol. The molecule has 0 radical (unpaired) electrons. The van der Waals surface area contributed by atoms with Crippen LogP contribution in [0.1, 0.15) is 16.7 Å². The van der Waals surface area contributed by atoms with Crippen LogP contribution < -0.4 is 11.2 Å². The van der Waals surface area contributed by atoms with Crippen LogP contribution in [-0.2, 0) is 7.05 Å². The number of hydrogen-bond donors (Lipinski definition) is 2. The summed E-state index contributed by atoms with van der Waals surface area (Å²) in [5, 5.41) is 19.7. The Hall–Kier alpha value is -3.73. The van der Waals surface area contributed by atoms with Gasteiger partial charge in [-0.15, -0.1) is 11.3 Å². The van der Waals surface area contributed by atoms with Gasteiger partial charge in [0.15, 0.2) is 0 Å². The van der Waals surface area contributed by atoms with Crippen molar-refractivity contribution in [2.75, 3.05) is 13.6 Å². The maximum atomic E-state index is 9.91. The zero-order chi connectivity index (χ0) is 22.0. The van der Waals surface area contributed by atoms with Crippen LogP contribution >= 0.6 is 11.3 Å². The Balaban J connectivity index is 1.95. The zero-order valence-electron chi connectivity index (χ0n) is 17.4. The first kappa shape index (κ1) is 20.5. The van der Waals surface area contributed by atoms with Gasteiger partial charge in [0.05, 0.1) is 28.0 Å². The minimum atomic E-state index is 0.292. The summed E-state index contributed by atoms with van der Waals surface area (Å²) in [5.74, 6) is 0. The van der Waals surface area contributed by atoms with Gasteiger partial charge in [0.25, 0.3) is 0 Å². The van der Waals surface area contributed by atoms with Gasteiger partial charge in [-0.1, -0.05) is 43.0 Å². The fourth-order valence-electron chi connectivity index (χ4n) is 3.74. The summed E-state index contributed by atoms with van der Waals surface area (Å²) >= 11 is 1.61. The van der Waals surface area contributed by atoms with Crippen molar-refractivity contribution in [2.24, 2.45) is 17.9 Å². The number of hydrogen-bond acceptors (Lipinski definition) is 6. The van der Waals surface area contributed by atoms with Crippen LogP contribution in [0.15, 0.2) is 60.3 Å². The molecule has 6 nitrogen and oxygen atoms in total. The summed E-state index contributed by atoms with van der Waals surface area (Å²) < 4.78 is 2.91. The summed E-state index contributed by atoms with van der Waals surface area (Å²) in [6, 6.07) is 16.5. The van der Waals surface area contributed by atoms with Gasteiger partial charge < -0.3 is 11.2 Å². The average Bonchev–Trinajstić information content (AvgIpc) is 3.36. The number of rotatable bonds is 6. The second-order valence-electron chi connectivity index (χ2n) is 6.94. The largest absolute Gasteiger partial charge is 0.325 e. The van der Waals surface area contributed by atoms with E-state index in [9.17, 15) is 5.26 Å². The molecule has 31 heavy (non-hydrogen) atoms. The molecule has 0 saturated carbocycles. The van der Waals surface area contributed by atoms with Crippen molar-refractivity contribution in [1.29, 1.82) is 5.26 Å². The lowest BCUT2D eigenvalue weighted by Crippen LogP contribution is -2.19. The fraction of sp³-hybridized carbons (Fsp3) is 0.125. The van der Waals surface area contributed by atoms with E-state index in [1.54, 1.807) is 24.5 Å². The minimum absolute atomic E-state index is 0.292. The van der Waals surface area contributed by atoms with E-state index in [0.717, 1.165) is 48.6 Å². The Bertz CT molecular complexity index is 1350. The van der Waals surface area contributed by atoms with Crippen molar-refractivity contribution >= 4 is 33.2 Å². The molecular weight excluding hydrogens is 404 g/mol. The summed E-state index contributed by atoms with van der Waals surface area (Å²) in [6.45, 7) is 4.21. The van der Waals surface area contributed by atoms with Crippen LogP contribution in [-0.4, -0.2) is 29.1 Å². The lowest BCUT2D eigenvalue weighted by molar-refractivity contribution is 0.777. The Morgan fingerprint density at radius 3 is 2.87 bits per heavy atom. The standard InChI is InChI=1S/C24H22N6S/c1-4-15-9-10-16(11-18(15)21(13-26)29-27-2)20-14-28-30(3)23(20)24-19(12-25)17-7-5-6-8-22(17)31-24/h4-11,14,27H,1,13,26H2,2-3H3/b29-21-. The second-order valence-corrected chi connectivity index (χ2v) is 7.99. The van der Waals surface area contributed by atoms with Gasteiger partial charge in [0.1, 0.15) is 6.07 Å². The fourth-order valence-corrected chi connectivity index (χ4v) is 4.99. The Morgan fingerprint density at radius 2 is 2.16 bits per heavy atom. The lowest BCUT2D eigenvalue weighted by Gasteiger charge is -2.12. The molecule has 0 fully saturated rings. The highest BCUT2D eigenvalue weighted by molar-refractivity contribution is 7.22. The van der Waals surface area contributed by atoms with Crippen LogP contribution in [0.4, 0.5) is 0 Å². The zero-order valence-corrected chi connectivity index (χ0v) is 18.2. The normalized spacial score (nSPS) is 11.5. The minimum Gasteiger partial charge on any atom is -0.325 e. The molecule has 7 heteroatoms. The first-order chi connectivity index (χ1) is 15.1. The van der Waals surface area contributed by atoms with Crippen molar-refractivity contribution in [3.05, 3.63) is 71.9 Å². The molecule has 3 N–H and O–H groups in total. The number of nitriles is 1. The quantitative estimate of drug-likeness (QED) is 0.354. The van der Waals surface area contributed by atoms with Crippen LogP contribution in [0, 0.1) is 11.3 Å². The lowest BCUT2D eigenvalue weighted by atomic mass is 9.95. The van der Waals surface area contributed by atoms with Gasteiger partial charge >= 0.3 is 0 Å². The molecule has 0 aliphatic rings. The highest BCUT2D eigenvalue weighted by Crippen LogP contribution is 2.42. The number of fused-ring (bicyclic) bond motifs is 1. The Labute approximate surface area is 184 Å². The second kappa shape index (κ2) is 8.56. The summed E-state index contributed by atoms with van der Waals surface area (Å²) in [4.78, 5) is 0.913. The third-order valence-electron chi connectivity index (χ3n) is 5.20. The van der Waals surface area contributed by atoms with Gasteiger partial charge in [-0.2, -0.15) is 15.5 Å². The van der Waals surface area contributed by atoms with E-state index in [2.05, 4.69) is 34.3 Å². The van der Waals surface area contributed by atoms with E-state index in [4.69, 9.17) is 5.73 Å². The number of nitrogens with one attached hydrogen (secondary N) is 1. The molecular formula is C24H22N6S. The summed E-state index contributed by atoms with van der Waals surface area (Å²) in [7, 11) is 3.65. The van der Waals surface area contributed by atoms with Gasteiger partial charge in [0, 0.05) is 41.9 Å². The predicted molar refractivity (Wildman–Crippen MR) is 129 cm³/mol. The highest BCUT2D eigenvalue weighted by Gasteiger charge is 2.21. The van der Waals surface area contributed by atoms with Crippen molar-refractivity contribution in [1.82, 2.24) is 15.2 Å². The van der Waals surface area contributed by atoms with E-state index in [1.165, 1.54) is 0 Å². The maximum Gasteiger partial charge on any atom is 0.101 e. The molecule has 0 unspecified atom stereocenters. The van der Waals surface area contributed by atoms with Gasteiger partial charge in [-0.05, 0) is 23.3 Å². The van der Waals surface area contributed by atoms with Crippen molar-refractivity contribution < 1.29 is 0 Å². The van der Waals surface area contributed by atoms with Crippen molar-refractivity contribution in [3.63, 3.8) is 0 Å². The van der Waals surface area contributed by atoms with E-state index in [1.807, 2.05) is 54.3 Å². The molecule has 2 heterocycles. The Kier molecular flexibility index (Phi) is 5.67. The van der Waals surface area contributed by atoms with Gasteiger partial charge in [0.2, 0.25) is 0 Å². The molecule has 154 valence electrons. The Morgan fingerprint density at radius 1 is 1.35 bits per heavy atom. The number of benzene rings is 2. The van der Waals surface area contributed by atoms with Crippen molar-refractivity contribution in [2.45, 2.75) is 0 Å². The van der Waals surface area contributed by atoms with E-state index in [0.29, 0.717) is 12.1 Å². The van der Waals surface area contributed by atoms with Gasteiger partial charge in [-0.3, -0.25) is 4.68 Å².